The number of hydrogen-bond donors (Lipinski definition) is 1. The standard InChI is InChI=1S/C20H23FN2O4S/c1-13-10-16(8-9-18(13)21)22-19(24)15-6-5-7-17(11-15)28(26,27)12-14(2)20(25)23(3)4/h5-11,14H,12H2,1-4H3,(H,22,24)/t14-/m1/s1. The molecule has 6 nitrogen and oxygen atoms in total. The predicted molar refractivity (Wildman–Crippen MR) is 105 cm³/mol. The van der Waals surface area contributed by atoms with Crippen LogP contribution in [0.25, 0.3) is 0 Å². The Labute approximate surface area is 164 Å². The molecule has 0 aliphatic rings. The van der Waals surface area contributed by atoms with Gasteiger partial charge in [-0.2, -0.15) is 0 Å². The van der Waals surface area contributed by atoms with Crippen molar-refractivity contribution in [3.8, 4) is 0 Å². The van der Waals surface area contributed by atoms with Crippen LogP contribution in [0.5, 0.6) is 0 Å². The van der Waals surface area contributed by atoms with Gasteiger partial charge in [0.25, 0.3) is 5.91 Å². The van der Waals surface area contributed by atoms with E-state index in [1.54, 1.807) is 27.9 Å². The van der Waals surface area contributed by atoms with E-state index in [1.165, 1.54) is 47.4 Å². The van der Waals surface area contributed by atoms with Gasteiger partial charge < -0.3 is 10.2 Å². The number of sulfone groups is 1. The van der Waals surface area contributed by atoms with Gasteiger partial charge in [0.2, 0.25) is 5.91 Å². The lowest BCUT2D eigenvalue weighted by atomic mass is 10.2. The van der Waals surface area contributed by atoms with Crippen LogP contribution in [0.3, 0.4) is 0 Å². The van der Waals surface area contributed by atoms with Crippen LogP contribution >= 0.6 is 0 Å². The molecule has 1 atom stereocenters. The van der Waals surface area contributed by atoms with E-state index in [0.717, 1.165) is 0 Å². The number of hydrogen-bond acceptors (Lipinski definition) is 4. The smallest absolute Gasteiger partial charge is 0.255 e. The third-order valence-corrected chi connectivity index (χ3v) is 6.11. The summed E-state index contributed by atoms with van der Waals surface area (Å²) in [5.74, 6) is -2.25. The van der Waals surface area contributed by atoms with Gasteiger partial charge in [-0.3, -0.25) is 9.59 Å². The summed E-state index contributed by atoms with van der Waals surface area (Å²) in [6.45, 7) is 3.13. The van der Waals surface area contributed by atoms with Gasteiger partial charge >= 0.3 is 0 Å². The number of carbonyl (C=O) groups is 2. The van der Waals surface area contributed by atoms with Crippen molar-refractivity contribution in [3.63, 3.8) is 0 Å². The van der Waals surface area contributed by atoms with Crippen LogP contribution in [0.15, 0.2) is 47.4 Å². The van der Waals surface area contributed by atoms with Crippen molar-refractivity contribution in [2.75, 3.05) is 25.2 Å². The molecule has 0 radical (unpaired) electrons. The summed E-state index contributed by atoms with van der Waals surface area (Å²) < 4.78 is 38.6. The molecule has 0 unspecified atom stereocenters. The molecule has 1 N–H and O–H groups in total. The predicted octanol–water partition coefficient (Wildman–Crippen LogP) is 2.88. The fourth-order valence-corrected chi connectivity index (χ4v) is 4.28. The highest BCUT2D eigenvalue weighted by Gasteiger charge is 2.25. The summed E-state index contributed by atoms with van der Waals surface area (Å²) in [5.41, 5.74) is 0.936. The van der Waals surface area contributed by atoms with Crippen molar-refractivity contribution in [1.29, 1.82) is 0 Å². The minimum absolute atomic E-state index is 0.0335. The maximum atomic E-state index is 13.3. The normalized spacial score (nSPS) is 12.3. The summed E-state index contributed by atoms with van der Waals surface area (Å²) in [7, 11) is -0.630. The van der Waals surface area contributed by atoms with Crippen molar-refractivity contribution in [3.05, 3.63) is 59.4 Å². The Morgan fingerprint density at radius 2 is 1.82 bits per heavy atom. The molecule has 0 aliphatic carbocycles. The number of rotatable bonds is 6. The SMILES string of the molecule is Cc1cc(NC(=O)c2cccc(S(=O)(=O)C[C@@H](C)C(=O)N(C)C)c2)ccc1F. The molecule has 0 spiro atoms. The minimum Gasteiger partial charge on any atom is -0.349 e. The first-order valence-electron chi connectivity index (χ1n) is 8.63. The van der Waals surface area contributed by atoms with Gasteiger partial charge in [-0.1, -0.05) is 13.0 Å². The minimum atomic E-state index is -3.76. The second kappa shape index (κ2) is 8.52. The van der Waals surface area contributed by atoms with Crippen molar-refractivity contribution in [1.82, 2.24) is 4.90 Å². The number of carbonyl (C=O) groups excluding carboxylic acids is 2. The van der Waals surface area contributed by atoms with E-state index in [9.17, 15) is 22.4 Å². The second-order valence-electron chi connectivity index (χ2n) is 6.86. The van der Waals surface area contributed by atoms with Gasteiger partial charge in [0.05, 0.1) is 10.6 Å². The summed E-state index contributed by atoms with van der Waals surface area (Å²) in [5, 5.41) is 2.62. The average molecular weight is 406 g/mol. The van der Waals surface area contributed by atoms with E-state index in [-0.39, 0.29) is 27.9 Å². The molecule has 2 aromatic carbocycles. The van der Waals surface area contributed by atoms with E-state index in [0.29, 0.717) is 11.3 Å². The Kier molecular flexibility index (Phi) is 6.56. The molecule has 2 aromatic rings. The van der Waals surface area contributed by atoms with Crippen LogP contribution in [-0.2, 0) is 14.6 Å². The molecule has 0 aromatic heterocycles. The molecule has 0 fully saturated rings. The lowest BCUT2D eigenvalue weighted by Crippen LogP contribution is -2.32. The highest BCUT2D eigenvalue weighted by Crippen LogP contribution is 2.19. The van der Waals surface area contributed by atoms with Gasteiger partial charge in [-0.05, 0) is 48.9 Å². The molecule has 2 amide bonds. The van der Waals surface area contributed by atoms with E-state index < -0.39 is 21.7 Å². The fourth-order valence-electron chi connectivity index (χ4n) is 2.69. The van der Waals surface area contributed by atoms with Crippen LogP contribution in [0.2, 0.25) is 0 Å². The first kappa shape index (κ1) is 21.6. The molecule has 0 aliphatic heterocycles. The number of benzene rings is 2. The van der Waals surface area contributed by atoms with Crippen molar-refractivity contribution in [2.24, 2.45) is 5.92 Å². The maximum absolute atomic E-state index is 13.3. The van der Waals surface area contributed by atoms with Crippen LogP contribution in [0.1, 0.15) is 22.8 Å². The van der Waals surface area contributed by atoms with E-state index in [4.69, 9.17) is 0 Å². The average Bonchev–Trinajstić information content (AvgIpc) is 2.63. The van der Waals surface area contributed by atoms with Crippen molar-refractivity contribution < 1.29 is 22.4 Å². The van der Waals surface area contributed by atoms with E-state index in [2.05, 4.69) is 5.32 Å². The molecule has 0 saturated carbocycles. The third kappa shape index (κ3) is 5.16. The number of halogens is 1. The zero-order valence-electron chi connectivity index (χ0n) is 16.2. The van der Waals surface area contributed by atoms with Gasteiger partial charge in [-0.15, -0.1) is 0 Å². The first-order valence-corrected chi connectivity index (χ1v) is 10.3. The van der Waals surface area contributed by atoms with Crippen LogP contribution in [-0.4, -0.2) is 45.0 Å². The fraction of sp³-hybridized carbons (Fsp3) is 0.300. The molecule has 8 heteroatoms. The van der Waals surface area contributed by atoms with Gasteiger partial charge in [0, 0.05) is 31.3 Å². The summed E-state index contributed by atoms with van der Waals surface area (Å²) in [6, 6.07) is 9.77. The van der Waals surface area contributed by atoms with Crippen molar-refractivity contribution in [2.45, 2.75) is 18.7 Å². The Bertz CT molecular complexity index is 1000. The van der Waals surface area contributed by atoms with E-state index in [1.807, 2.05) is 0 Å². The number of amides is 2. The molecule has 28 heavy (non-hydrogen) atoms. The quantitative estimate of drug-likeness (QED) is 0.800. The third-order valence-electron chi connectivity index (χ3n) is 4.20. The van der Waals surface area contributed by atoms with Crippen LogP contribution in [0, 0.1) is 18.7 Å². The molecule has 2 rings (SSSR count). The molecule has 0 heterocycles. The lowest BCUT2D eigenvalue weighted by molar-refractivity contribution is -0.131. The Morgan fingerprint density at radius 3 is 2.43 bits per heavy atom. The molecule has 150 valence electrons. The summed E-state index contributed by atoms with van der Waals surface area (Å²) in [4.78, 5) is 25.7. The monoisotopic (exact) mass is 406 g/mol. The second-order valence-corrected chi connectivity index (χ2v) is 8.90. The molecular formula is C20H23FN2O4S. The zero-order chi connectivity index (χ0) is 21.1. The Hall–Kier alpha value is -2.74. The first-order chi connectivity index (χ1) is 13.0. The number of nitrogens with zero attached hydrogens (tertiary/aromatic N) is 1. The highest BCUT2D eigenvalue weighted by molar-refractivity contribution is 7.91. The molecule has 0 bridgehead atoms. The van der Waals surface area contributed by atoms with Crippen LogP contribution in [0.4, 0.5) is 10.1 Å². The van der Waals surface area contributed by atoms with Crippen molar-refractivity contribution >= 4 is 27.3 Å². The Balaban J connectivity index is 2.21. The number of aryl methyl sites for hydroxylation is 1. The van der Waals surface area contributed by atoms with Gasteiger partial charge in [-0.25, -0.2) is 12.8 Å². The maximum Gasteiger partial charge on any atom is 0.255 e. The number of nitrogens with one attached hydrogen (secondary N) is 1. The number of anilines is 1. The summed E-state index contributed by atoms with van der Waals surface area (Å²) in [6.07, 6.45) is 0. The lowest BCUT2D eigenvalue weighted by Gasteiger charge is -2.17. The molecule has 0 saturated heterocycles. The largest absolute Gasteiger partial charge is 0.349 e. The topological polar surface area (TPSA) is 83.5 Å². The zero-order valence-corrected chi connectivity index (χ0v) is 17.0. The van der Waals surface area contributed by atoms with Crippen LogP contribution < -0.4 is 5.32 Å². The van der Waals surface area contributed by atoms with Gasteiger partial charge in [0.15, 0.2) is 9.84 Å². The molecular weight excluding hydrogens is 383 g/mol. The van der Waals surface area contributed by atoms with E-state index >= 15 is 0 Å². The summed E-state index contributed by atoms with van der Waals surface area (Å²) >= 11 is 0. The van der Waals surface area contributed by atoms with Gasteiger partial charge in [0.1, 0.15) is 5.82 Å². The Morgan fingerprint density at radius 1 is 1.14 bits per heavy atom. The highest BCUT2D eigenvalue weighted by atomic mass is 32.2.